The van der Waals surface area contributed by atoms with Crippen molar-refractivity contribution in [2.75, 3.05) is 24.7 Å². The standard InChI is InChI=1S/C9H20N2O2S/c1-2-8(10)9(13)11-4-7-14-6-3-5-12/h8,12H,2-7,10H2,1H3,(H,11,13)/t8-/m1/s1. The molecule has 0 saturated heterocycles. The quantitative estimate of drug-likeness (QED) is 0.502. The first-order valence-corrected chi connectivity index (χ1v) is 6.09. The van der Waals surface area contributed by atoms with Crippen molar-refractivity contribution in [2.45, 2.75) is 25.8 Å². The minimum absolute atomic E-state index is 0.0738. The van der Waals surface area contributed by atoms with E-state index in [2.05, 4.69) is 5.32 Å². The molecule has 5 heteroatoms. The van der Waals surface area contributed by atoms with Crippen molar-refractivity contribution in [3.05, 3.63) is 0 Å². The van der Waals surface area contributed by atoms with Gasteiger partial charge >= 0.3 is 0 Å². The molecule has 0 aromatic rings. The van der Waals surface area contributed by atoms with Gasteiger partial charge in [0.05, 0.1) is 6.04 Å². The van der Waals surface area contributed by atoms with Gasteiger partial charge in [0.15, 0.2) is 0 Å². The molecule has 1 amide bonds. The van der Waals surface area contributed by atoms with Crippen molar-refractivity contribution in [3.8, 4) is 0 Å². The van der Waals surface area contributed by atoms with Gasteiger partial charge in [0, 0.05) is 18.9 Å². The summed E-state index contributed by atoms with van der Waals surface area (Å²) < 4.78 is 0. The number of nitrogens with one attached hydrogen (secondary N) is 1. The van der Waals surface area contributed by atoms with E-state index < -0.39 is 0 Å². The van der Waals surface area contributed by atoms with Crippen molar-refractivity contribution in [1.82, 2.24) is 5.32 Å². The molecule has 4 nitrogen and oxygen atoms in total. The van der Waals surface area contributed by atoms with Crippen molar-refractivity contribution >= 4 is 17.7 Å². The van der Waals surface area contributed by atoms with Crippen LogP contribution in [0.4, 0.5) is 0 Å². The Hall–Kier alpha value is -0.260. The minimum atomic E-state index is -0.377. The summed E-state index contributed by atoms with van der Waals surface area (Å²) in [5.74, 6) is 1.74. The summed E-state index contributed by atoms with van der Waals surface area (Å²) in [7, 11) is 0. The van der Waals surface area contributed by atoms with Crippen LogP contribution in [-0.4, -0.2) is 41.7 Å². The molecule has 0 unspecified atom stereocenters. The summed E-state index contributed by atoms with van der Waals surface area (Å²) in [4.78, 5) is 11.2. The van der Waals surface area contributed by atoms with E-state index in [0.717, 1.165) is 17.9 Å². The maximum Gasteiger partial charge on any atom is 0.236 e. The third kappa shape index (κ3) is 7.17. The molecule has 14 heavy (non-hydrogen) atoms. The van der Waals surface area contributed by atoms with E-state index >= 15 is 0 Å². The lowest BCUT2D eigenvalue weighted by Gasteiger charge is -2.09. The summed E-state index contributed by atoms with van der Waals surface area (Å²) in [6, 6.07) is -0.377. The molecule has 0 aromatic heterocycles. The number of aliphatic hydroxyl groups excluding tert-OH is 1. The number of amides is 1. The van der Waals surface area contributed by atoms with Crippen molar-refractivity contribution in [2.24, 2.45) is 5.73 Å². The van der Waals surface area contributed by atoms with Gasteiger partial charge in [0.25, 0.3) is 0 Å². The smallest absolute Gasteiger partial charge is 0.236 e. The second kappa shape index (κ2) is 9.30. The fraction of sp³-hybridized carbons (Fsp3) is 0.889. The molecule has 0 radical (unpaired) electrons. The summed E-state index contributed by atoms with van der Waals surface area (Å²) in [5, 5.41) is 11.3. The largest absolute Gasteiger partial charge is 0.396 e. The average Bonchev–Trinajstić information content (AvgIpc) is 2.21. The molecule has 0 fully saturated rings. The van der Waals surface area contributed by atoms with E-state index in [9.17, 15) is 4.79 Å². The van der Waals surface area contributed by atoms with Crippen LogP contribution in [0.5, 0.6) is 0 Å². The number of hydrogen-bond donors (Lipinski definition) is 3. The molecule has 0 bridgehead atoms. The van der Waals surface area contributed by atoms with E-state index in [-0.39, 0.29) is 18.6 Å². The zero-order valence-corrected chi connectivity index (χ0v) is 9.48. The maximum atomic E-state index is 11.2. The van der Waals surface area contributed by atoms with Gasteiger partial charge in [0.1, 0.15) is 0 Å². The average molecular weight is 220 g/mol. The number of carbonyl (C=O) groups excluding carboxylic acids is 1. The number of nitrogens with two attached hydrogens (primary N) is 1. The Morgan fingerprint density at radius 1 is 1.57 bits per heavy atom. The zero-order chi connectivity index (χ0) is 10.8. The Bertz CT molecular complexity index is 156. The molecule has 0 saturated carbocycles. The number of thioether (sulfide) groups is 1. The monoisotopic (exact) mass is 220 g/mol. The second-order valence-electron chi connectivity index (χ2n) is 3.00. The Morgan fingerprint density at radius 3 is 2.86 bits per heavy atom. The number of rotatable bonds is 8. The highest BCUT2D eigenvalue weighted by atomic mass is 32.2. The molecule has 4 N–H and O–H groups in total. The van der Waals surface area contributed by atoms with Gasteiger partial charge in [-0.15, -0.1) is 0 Å². The Kier molecular flexibility index (Phi) is 9.13. The molecule has 1 atom stereocenters. The normalized spacial score (nSPS) is 12.5. The first kappa shape index (κ1) is 13.7. The first-order valence-electron chi connectivity index (χ1n) is 4.94. The molecular weight excluding hydrogens is 200 g/mol. The topological polar surface area (TPSA) is 75.4 Å². The van der Waals surface area contributed by atoms with E-state index in [0.29, 0.717) is 13.0 Å². The minimum Gasteiger partial charge on any atom is -0.396 e. The highest BCUT2D eigenvalue weighted by Crippen LogP contribution is 2.00. The summed E-state index contributed by atoms with van der Waals surface area (Å²) in [6.07, 6.45) is 1.48. The van der Waals surface area contributed by atoms with E-state index in [1.807, 2.05) is 6.92 Å². The van der Waals surface area contributed by atoms with E-state index in [1.54, 1.807) is 11.8 Å². The Balaban J connectivity index is 3.23. The van der Waals surface area contributed by atoms with Crippen LogP contribution < -0.4 is 11.1 Å². The van der Waals surface area contributed by atoms with Crippen LogP contribution in [0.2, 0.25) is 0 Å². The van der Waals surface area contributed by atoms with Crippen LogP contribution in [-0.2, 0) is 4.79 Å². The molecule has 0 aliphatic heterocycles. The van der Waals surface area contributed by atoms with E-state index in [4.69, 9.17) is 10.8 Å². The predicted molar refractivity (Wildman–Crippen MR) is 60.3 cm³/mol. The van der Waals surface area contributed by atoms with Crippen LogP contribution in [0.3, 0.4) is 0 Å². The van der Waals surface area contributed by atoms with Crippen molar-refractivity contribution in [3.63, 3.8) is 0 Å². The lowest BCUT2D eigenvalue weighted by Crippen LogP contribution is -2.40. The first-order chi connectivity index (χ1) is 6.72. The number of hydrogen-bond acceptors (Lipinski definition) is 4. The molecule has 0 spiro atoms. The van der Waals surface area contributed by atoms with Gasteiger partial charge < -0.3 is 16.2 Å². The van der Waals surface area contributed by atoms with E-state index in [1.165, 1.54) is 0 Å². The second-order valence-corrected chi connectivity index (χ2v) is 4.22. The lowest BCUT2D eigenvalue weighted by atomic mass is 10.2. The molecule has 0 aliphatic carbocycles. The van der Waals surface area contributed by atoms with Gasteiger partial charge in [-0.3, -0.25) is 4.79 Å². The highest BCUT2D eigenvalue weighted by Gasteiger charge is 2.08. The zero-order valence-electron chi connectivity index (χ0n) is 8.66. The molecule has 0 heterocycles. The fourth-order valence-corrected chi connectivity index (χ4v) is 1.62. The fourth-order valence-electron chi connectivity index (χ4n) is 0.832. The molecule has 0 rings (SSSR count). The third-order valence-corrected chi connectivity index (χ3v) is 2.84. The van der Waals surface area contributed by atoms with Crippen LogP contribution in [0.15, 0.2) is 0 Å². The van der Waals surface area contributed by atoms with Crippen LogP contribution in [0, 0.1) is 0 Å². The van der Waals surface area contributed by atoms with Crippen molar-refractivity contribution in [1.29, 1.82) is 0 Å². The van der Waals surface area contributed by atoms with Gasteiger partial charge in [-0.2, -0.15) is 11.8 Å². The Morgan fingerprint density at radius 2 is 2.29 bits per heavy atom. The van der Waals surface area contributed by atoms with Crippen molar-refractivity contribution < 1.29 is 9.90 Å². The summed E-state index contributed by atoms with van der Waals surface area (Å²) in [6.45, 7) is 2.78. The molecule has 84 valence electrons. The molecular formula is C9H20N2O2S. The van der Waals surface area contributed by atoms with Crippen LogP contribution in [0.25, 0.3) is 0 Å². The third-order valence-electron chi connectivity index (χ3n) is 1.77. The van der Waals surface area contributed by atoms with Crippen LogP contribution in [0.1, 0.15) is 19.8 Å². The van der Waals surface area contributed by atoms with Crippen LogP contribution >= 0.6 is 11.8 Å². The SMILES string of the molecule is CC[C@@H](N)C(=O)NCCSCCCO. The van der Waals surface area contributed by atoms with Gasteiger partial charge in [-0.05, 0) is 18.6 Å². The Labute approximate surface area is 89.6 Å². The van der Waals surface area contributed by atoms with Gasteiger partial charge in [0.2, 0.25) is 5.91 Å². The van der Waals surface area contributed by atoms with Gasteiger partial charge in [-0.25, -0.2) is 0 Å². The number of aliphatic hydroxyl groups is 1. The van der Waals surface area contributed by atoms with Gasteiger partial charge in [-0.1, -0.05) is 6.92 Å². The molecule has 0 aromatic carbocycles. The molecule has 0 aliphatic rings. The highest BCUT2D eigenvalue weighted by molar-refractivity contribution is 7.99. The summed E-state index contributed by atoms with van der Waals surface area (Å²) in [5.41, 5.74) is 5.53. The number of carbonyl (C=O) groups is 1. The summed E-state index contributed by atoms with van der Waals surface area (Å²) >= 11 is 1.72. The lowest BCUT2D eigenvalue weighted by molar-refractivity contribution is -0.122. The predicted octanol–water partition coefficient (Wildman–Crippen LogP) is -0.0445. The maximum absolute atomic E-state index is 11.2.